The summed E-state index contributed by atoms with van der Waals surface area (Å²) in [6.07, 6.45) is 2.59. The smallest absolute Gasteiger partial charge is 0.191 e. The Hall–Kier alpha value is -1.96. The van der Waals surface area contributed by atoms with Gasteiger partial charge in [0.15, 0.2) is 5.96 Å². The van der Waals surface area contributed by atoms with Gasteiger partial charge in [-0.2, -0.15) is 0 Å². The second-order valence-corrected chi connectivity index (χ2v) is 8.10. The Morgan fingerprint density at radius 2 is 2.04 bits per heavy atom. The summed E-state index contributed by atoms with van der Waals surface area (Å²) < 4.78 is 33.2. The van der Waals surface area contributed by atoms with E-state index in [9.17, 15) is 8.42 Å². The summed E-state index contributed by atoms with van der Waals surface area (Å²) in [5.41, 5.74) is 0. The van der Waals surface area contributed by atoms with Gasteiger partial charge in [0, 0.05) is 32.0 Å². The van der Waals surface area contributed by atoms with Crippen LogP contribution < -0.4 is 20.1 Å². The van der Waals surface area contributed by atoms with E-state index in [1.54, 1.807) is 14.2 Å². The Bertz CT molecular complexity index is 647. The molecule has 0 aliphatic carbocycles. The van der Waals surface area contributed by atoms with Crippen molar-refractivity contribution in [1.29, 1.82) is 0 Å². The van der Waals surface area contributed by atoms with E-state index >= 15 is 0 Å². The molecule has 8 heteroatoms. The van der Waals surface area contributed by atoms with E-state index in [2.05, 4.69) is 15.6 Å². The van der Waals surface area contributed by atoms with Gasteiger partial charge in [0.05, 0.1) is 19.5 Å². The molecule has 25 heavy (non-hydrogen) atoms. The van der Waals surface area contributed by atoms with Crippen molar-refractivity contribution in [2.24, 2.45) is 4.99 Å². The Kier molecular flexibility index (Phi) is 9.12. The molecule has 1 rings (SSSR count). The van der Waals surface area contributed by atoms with Gasteiger partial charge in [-0.1, -0.05) is 6.07 Å². The predicted molar refractivity (Wildman–Crippen MR) is 101 cm³/mol. The van der Waals surface area contributed by atoms with Crippen LogP contribution in [0.5, 0.6) is 11.5 Å². The van der Waals surface area contributed by atoms with Crippen LogP contribution >= 0.6 is 0 Å². The SMILES string of the molecule is CN=C(NCCCOc1cccc(OC)c1)NC(C)CCS(C)(=O)=O. The molecule has 0 spiro atoms. The molecule has 0 amide bonds. The van der Waals surface area contributed by atoms with Crippen LogP contribution in [-0.2, 0) is 9.84 Å². The lowest BCUT2D eigenvalue weighted by Gasteiger charge is -2.17. The molecule has 0 bridgehead atoms. The van der Waals surface area contributed by atoms with Crippen LogP contribution in [-0.4, -0.2) is 59.7 Å². The first-order chi connectivity index (χ1) is 11.8. The van der Waals surface area contributed by atoms with Crippen molar-refractivity contribution in [3.63, 3.8) is 0 Å². The maximum Gasteiger partial charge on any atom is 0.191 e. The van der Waals surface area contributed by atoms with Crippen molar-refractivity contribution in [2.75, 3.05) is 39.3 Å². The number of aliphatic imine (C=N–C) groups is 1. The lowest BCUT2D eigenvalue weighted by atomic mass is 10.3. The second kappa shape index (κ2) is 10.8. The molecule has 142 valence electrons. The normalized spacial score (nSPS) is 13.2. The molecule has 0 aromatic heterocycles. The second-order valence-electron chi connectivity index (χ2n) is 5.84. The Balaban J connectivity index is 2.24. The minimum Gasteiger partial charge on any atom is -0.497 e. The van der Waals surface area contributed by atoms with Gasteiger partial charge in [-0.3, -0.25) is 4.99 Å². The summed E-state index contributed by atoms with van der Waals surface area (Å²) in [7, 11) is 0.366. The quantitative estimate of drug-likeness (QED) is 0.368. The van der Waals surface area contributed by atoms with Crippen LogP contribution in [0.25, 0.3) is 0 Å². The van der Waals surface area contributed by atoms with Gasteiger partial charge in [0.25, 0.3) is 0 Å². The zero-order valence-corrected chi connectivity index (χ0v) is 16.2. The highest BCUT2D eigenvalue weighted by atomic mass is 32.2. The van der Waals surface area contributed by atoms with Crippen LogP contribution in [0.2, 0.25) is 0 Å². The molecule has 1 aromatic carbocycles. The topological polar surface area (TPSA) is 89.0 Å². The number of hydrogen-bond donors (Lipinski definition) is 2. The Labute approximate surface area is 150 Å². The molecular weight excluding hydrogens is 342 g/mol. The van der Waals surface area contributed by atoms with E-state index in [0.717, 1.165) is 17.9 Å². The van der Waals surface area contributed by atoms with Gasteiger partial charge in [-0.15, -0.1) is 0 Å². The average molecular weight is 372 g/mol. The zero-order chi connectivity index (χ0) is 18.7. The van der Waals surface area contributed by atoms with Crippen molar-refractivity contribution in [1.82, 2.24) is 10.6 Å². The van der Waals surface area contributed by atoms with Gasteiger partial charge in [0.2, 0.25) is 0 Å². The van der Waals surface area contributed by atoms with Gasteiger partial charge in [-0.05, 0) is 31.9 Å². The third kappa shape index (κ3) is 9.81. The molecule has 0 radical (unpaired) electrons. The van der Waals surface area contributed by atoms with E-state index in [1.165, 1.54) is 6.26 Å². The number of sulfone groups is 1. The monoisotopic (exact) mass is 371 g/mol. The van der Waals surface area contributed by atoms with Crippen molar-refractivity contribution in [3.05, 3.63) is 24.3 Å². The highest BCUT2D eigenvalue weighted by molar-refractivity contribution is 7.90. The number of nitrogens with zero attached hydrogens (tertiary/aromatic N) is 1. The van der Waals surface area contributed by atoms with Crippen LogP contribution in [0.15, 0.2) is 29.3 Å². The van der Waals surface area contributed by atoms with Gasteiger partial charge < -0.3 is 20.1 Å². The first-order valence-electron chi connectivity index (χ1n) is 8.26. The summed E-state index contributed by atoms with van der Waals surface area (Å²) in [5.74, 6) is 2.36. The molecule has 2 N–H and O–H groups in total. The zero-order valence-electron chi connectivity index (χ0n) is 15.4. The molecule has 1 unspecified atom stereocenters. The number of ether oxygens (including phenoxy) is 2. The fourth-order valence-electron chi connectivity index (χ4n) is 2.05. The number of guanidine groups is 1. The number of benzene rings is 1. The molecule has 0 fully saturated rings. The van der Waals surface area contributed by atoms with E-state index < -0.39 is 9.84 Å². The average Bonchev–Trinajstić information content (AvgIpc) is 2.58. The number of hydrogen-bond acceptors (Lipinski definition) is 5. The van der Waals surface area contributed by atoms with Crippen molar-refractivity contribution < 1.29 is 17.9 Å². The fraction of sp³-hybridized carbons (Fsp3) is 0.588. The van der Waals surface area contributed by atoms with Gasteiger partial charge in [-0.25, -0.2) is 8.42 Å². The maximum atomic E-state index is 11.2. The molecule has 1 atom stereocenters. The van der Waals surface area contributed by atoms with Crippen LogP contribution in [0.4, 0.5) is 0 Å². The maximum absolute atomic E-state index is 11.2. The van der Waals surface area contributed by atoms with Crippen molar-refractivity contribution in [3.8, 4) is 11.5 Å². The van der Waals surface area contributed by atoms with E-state index in [-0.39, 0.29) is 11.8 Å². The summed E-state index contributed by atoms with van der Waals surface area (Å²) in [6, 6.07) is 7.51. The molecule has 7 nitrogen and oxygen atoms in total. The Morgan fingerprint density at radius 1 is 1.32 bits per heavy atom. The minimum absolute atomic E-state index is 0.0222. The van der Waals surface area contributed by atoms with E-state index in [4.69, 9.17) is 9.47 Å². The third-order valence-corrected chi connectivity index (χ3v) is 4.43. The highest BCUT2D eigenvalue weighted by Gasteiger charge is 2.09. The lowest BCUT2D eigenvalue weighted by Crippen LogP contribution is -2.43. The lowest BCUT2D eigenvalue weighted by molar-refractivity contribution is 0.308. The summed E-state index contributed by atoms with van der Waals surface area (Å²) >= 11 is 0. The number of nitrogens with one attached hydrogen (secondary N) is 2. The molecule has 0 aliphatic rings. The van der Waals surface area contributed by atoms with Crippen molar-refractivity contribution in [2.45, 2.75) is 25.8 Å². The van der Waals surface area contributed by atoms with Crippen LogP contribution in [0, 0.1) is 0 Å². The standard InChI is InChI=1S/C17H29N3O4S/c1-14(9-12-25(4,21)22)20-17(18-2)19-10-6-11-24-16-8-5-7-15(13-16)23-3/h5,7-8,13-14H,6,9-12H2,1-4H3,(H2,18,19,20). The Morgan fingerprint density at radius 3 is 2.68 bits per heavy atom. The van der Waals surface area contributed by atoms with E-state index in [1.807, 2.05) is 31.2 Å². The third-order valence-electron chi connectivity index (χ3n) is 3.45. The molecule has 1 aromatic rings. The highest BCUT2D eigenvalue weighted by Crippen LogP contribution is 2.18. The molecule has 0 saturated heterocycles. The molecule has 0 saturated carbocycles. The first kappa shape index (κ1) is 21.1. The summed E-state index contributed by atoms with van der Waals surface area (Å²) in [4.78, 5) is 4.14. The largest absolute Gasteiger partial charge is 0.497 e. The minimum atomic E-state index is -2.94. The molecule has 0 aliphatic heterocycles. The van der Waals surface area contributed by atoms with E-state index in [0.29, 0.717) is 25.5 Å². The first-order valence-corrected chi connectivity index (χ1v) is 10.3. The number of methoxy groups -OCH3 is 1. The van der Waals surface area contributed by atoms with Crippen molar-refractivity contribution >= 4 is 15.8 Å². The number of rotatable bonds is 10. The van der Waals surface area contributed by atoms with Gasteiger partial charge >= 0.3 is 0 Å². The van der Waals surface area contributed by atoms with Crippen LogP contribution in [0.3, 0.4) is 0 Å². The molecule has 0 heterocycles. The predicted octanol–water partition coefficient (Wildman–Crippen LogP) is 1.45. The summed E-state index contributed by atoms with van der Waals surface area (Å²) in [6.45, 7) is 3.20. The summed E-state index contributed by atoms with van der Waals surface area (Å²) in [5, 5.41) is 6.37. The fourth-order valence-corrected chi connectivity index (χ4v) is 2.83. The molecular formula is C17H29N3O4S. The van der Waals surface area contributed by atoms with Gasteiger partial charge in [0.1, 0.15) is 21.3 Å². The van der Waals surface area contributed by atoms with Crippen LogP contribution in [0.1, 0.15) is 19.8 Å².